The number of rotatable bonds is 4. The van der Waals surface area contributed by atoms with Crippen LogP contribution in [0.4, 0.5) is 0 Å². The molecule has 5 nitrogen and oxygen atoms in total. The van der Waals surface area contributed by atoms with Gasteiger partial charge in [0, 0.05) is 23.6 Å². The highest BCUT2D eigenvalue weighted by atomic mass is 16.5. The number of benzene rings is 1. The molecule has 1 aromatic heterocycles. The van der Waals surface area contributed by atoms with Gasteiger partial charge in [-0.25, -0.2) is 4.98 Å². The number of likely N-dealkylation sites (tertiary alicyclic amines) is 1. The minimum absolute atomic E-state index is 0.0222. The molecule has 3 fully saturated rings. The molecule has 2 heterocycles. The number of hydrogen-bond acceptors (Lipinski definition) is 4. The number of methoxy groups -OCH3 is 1. The van der Waals surface area contributed by atoms with Crippen LogP contribution < -0.4 is 4.74 Å². The zero-order valence-electron chi connectivity index (χ0n) is 14.4. The van der Waals surface area contributed by atoms with E-state index in [2.05, 4.69) is 9.88 Å². The van der Waals surface area contributed by atoms with E-state index in [0.29, 0.717) is 28.8 Å². The largest absolute Gasteiger partial charge is 0.497 e. The van der Waals surface area contributed by atoms with E-state index in [1.165, 1.54) is 38.5 Å². The molecule has 1 atom stereocenters. The Morgan fingerprint density at radius 1 is 1.28 bits per heavy atom. The lowest BCUT2D eigenvalue weighted by molar-refractivity contribution is -0.111. The predicted octanol–water partition coefficient (Wildman–Crippen LogP) is 3.75. The van der Waals surface area contributed by atoms with Crippen molar-refractivity contribution < 1.29 is 13.9 Å². The average Bonchev–Trinajstić information content (AvgIpc) is 3.25. The first kappa shape index (κ1) is 15.0. The Morgan fingerprint density at radius 3 is 2.64 bits per heavy atom. The van der Waals surface area contributed by atoms with Crippen molar-refractivity contribution >= 4 is 5.91 Å². The Morgan fingerprint density at radius 2 is 2.04 bits per heavy atom. The van der Waals surface area contributed by atoms with Gasteiger partial charge in [0.05, 0.1) is 7.11 Å². The fourth-order valence-corrected chi connectivity index (χ4v) is 4.68. The molecule has 1 amide bonds. The number of carbonyl (C=O) groups excluding carboxylic acids is 1. The van der Waals surface area contributed by atoms with Crippen molar-refractivity contribution in [2.24, 2.45) is 11.3 Å². The third kappa shape index (κ3) is 2.21. The van der Waals surface area contributed by atoms with Crippen LogP contribution in [0.15, 0.2) is 35.1 Å². The van der Waals surface area contributed by atoms with E-state index in [0.717, 1.165) is 17.9 Å². The minimum atomic E-state index is 0.0222. The number of oxazole rings is 1. The van der Waals surface area contributed by atoms with Gasteiger partial charge in [0.2, 0.25) is 0 Å². The SMILES string of the molecule is COc1ccc(-c2ocnc2C(=O)N2CC3(CCC3)C2C2CC2)cc1. The third-order valence-electron chi connectivity index (χ3n) is 6.25. The van der Waals surface area contributed by atoms with Crippen LogP contribution >= 0.6 is 0 Å². The quantitative estimate of drug-likeness (QED) is 0.852. The van der Waals surface area contributed by atoms with Crippen LogP contribution in [0, 0.1) is 11.3 Å². The first-order valence-electron chi connectivity index (χ1n) is 9.11. The molecule has 1 spiro atoms. The van der Waals surface area contributed by atoms with Crippen LogP contribution in [0.3, 0.4) is 0 Å². The molecule has 0 bridgehead atoms. The molecule has 0 radical (unpaired) electrons. The van der Waals surface area contributed by atoms with Gasteiger partial charge in [-0.05, 0) is 55.9 Å². The van der Waals surface area contributed by atoms with E-state index in [4.69, 9.17) is 9.15 Å². The molecule has 5 heteroatoms. The predicted molar refractivity (Wildman–Crippen MR) is 92.3 cm³/mol. The number of ether oxygens (including phenoxy) is 1. The van der Waals surface area contributed by atoms with Crippen LogP contribution in [-0.4, -0.2) is 35.5 Å². The van der Waals surface area contributed by atoms with Gasteiger partial charge in [-0.1, -0.05) is 6.42 Å². The fraction of sp³-hybridized carbons (Fsp3) is 0.500. The number of amides is 1. The summed E-state index contributed by atoms with van der Waals surface area (Å²) in [5.74, 6) is 2.06. The van der Waals surface area contributed by atoms with Crippen molar-refractivity contribution in [1.29, 1.82) is 0 Å². The van der Waals surface area contributed by atoms with E-state index in [1.54, 1.807) is 7.11 Å². The van der Waals surface area contributed by atoms with E-state index in [1.807, 2.05) is 24.3 Å². The highest BCUT2D eigenvalue weighted by molar-refractivity contribution is 5.98. The highest BCUT2D eigenvalue weighted by Crippen LogP contribution is 2.60. The van der Waals surface area contributed by atoms with Crippen molar-refractivity contribution in [2.75, 3.05) is 13.7 Å². The lowest BCUT2D eigenvalue weighted by Gasteiger charge is -2.62. The molecule has 1 unspecified atom stereocenters. The Labute approximate surface area is 147 Å². The molecule has 1 aliphatic heterocycles. The Balaban J connectivity index is 1.42. The van der Waals surface area contributed by atoms with Crippen LogP contribution in [0.2, 0.25) is 0 Å². The van der Waals surface area contributed by atoms with Gasteiger partial charge in [-0.3, -0.25) is 4.79 Å². The molecule has 5 rings (SSSR count). The average molecular weight is 338 g/mol. The topological polar surface area (TPSA) is 55.6 Å². The second-order valence-corrected chi connectivity index (χ2v) is 7.69. The van der Waals surface area contributed by atoms with Gasteiger partial charge in [-0.2, -0.15) is 0 Å². The lowest BCUT2D eigenvalue weighted by atomic mass is 9.56. The molecular weight excluding hydrogens is 316 g/mol. The Hall–Kier alpha value is -2.30. The molecule has 1 saturated heterocycles. The maximum absolute atomic E-state index is 13.2. The second-order valence-electron chi connectivity index (χ2n) is 7.69. The first-order valence-corrected chi connectivity index (χ1v) is 9.11. The van der Waals surface area contributed by atoms with Gasteiger partial charge in [-0.15, -0.1) is 0 Å². The molecule has 0 N–H and O–H groups in total. The number of aromatic nitrogens is 1. The number of nitrogens with zero attached hydrogens (tertiary/aromatic N) is 2. The van der Waals surface area contributed by atoms with Gasteiger partial charge in [0.1, 0.15) is 5.75 Å². The summed E-state index contributed by atoms with van der Waals surface area (Å²) in [7, 11) is 1.64. The van der Waals surface area contributed by atoms with Crippen molar-refractivity contribution in [3.05, 3.63) is 36.4 Å². The zero-order valence-corrected chi connectivity index (χ0v) is 14.4. The monoisotopic (exact) mass is 338 g/mol. The van der Waals surface area contributed by atoms with Crippen LogP contribution in [0.1, 0.15) is 42.6 Å². The molecule has 2 aliphatic carbocycles. The second kappa shape index (κ2) is 5.35. The zero-order chi connectivity index (χ0) is 17.0. The standard InChI is InChI=1S/C20H22N2O3/c1-24-15-7-5-13(6-8-15)17-16(21-12-25-17)19(23)22-11-20(9-2-10-20)18(22)14-3-4-14/h5-8,12,14,18H,2-4,9-11H2,1H3. The van der Waals surface area contributed by atoms with E-state index >= 15 is 0 Å². The van der Waals surface area contributed by atoms with E-state index in [-0.39, 0.29) is 5.91 Å². The Kier molecular flexibility index (Phi) is 3.21. The van der Waals surface area contributed by atoms with Crippen molar-refractivity contribution in [1.82, 2.24) is 9.88 Å². The molecule has 2 aromatic rings. The fourth-order valence-electron chi connectivity index (χ4n) is 4.68. The summed E-state index contributed by atoms with van der Waals surface area (Å²) in [4.78, 5) is 19.5. The van der Waals surface area contributed by atoms with E-state index in [9.17, 15) is 4.79 Å². The molecular formula is C20H22N2O3. The summed E-state index contributed by atoms with van der Waals surface area (Å²) in [5.41, 5.74) is 1.70. The normalized spacial score (nSPS) is 23.9. The summed E-state index contributed by atoms with van der Waals surface area (Å²) >= 11 is 0. The van der Waals surface area contributed by atoms with Crippen LogP contribution in [0.5, 0.6) is 5.75 Å². The van der Waals surface area contributed by atoms with Crippen LogP contribution in [-0.2, 0) is 0 Å². The summed E-state index contributed by atoms with van der Waals surface area (Å²) in [6, 6.07) is 7.96. The molecule has 3 aliphatic rings. The number of hydrogen-bond donors (Lipinski definition) is 0. The van der Waals surface area contributed by atoms with Gasteiger partial charge >= 0.3 is 0 Å². The third-order valence-corrected chi connectivity index (χ3v) is 6.25. The van der Waals surface area contributed by atoms with E-state index < -0.39 is 0 Å². The van der Waals surface area contributed by atoms with Crippen LogP contribution in [0.25, 0.3) is 11.3 Å². The van der Waals surface area contributed by atoms with Gasteiger partial charge < -0.3 is 14.1 Å². The molecule has 2 saturated carbocycles. The lowest BCUT2D eigenvalue weighted by Crippen LogP contribution is -2.69. The maximum Gasteiger partial charge on any atom is 0.276 e. The summed E-state index contributed by atoms with van der Waals surface area (Å²) in [6.07, 6.45) is 7.77. The van der Waals surface area contributed by atoms with Crippen molar-refractivity contribution in [3.8, 4) is 17.1 Å². The Bertz CT molecular complexity index is 803. The highest BCUT2D eigenvalue weighted by Gasteiger charge is 2.62. The first-order chi connectivity index (χ1) is 12.2. The molecule has 1 aromatic carbocycles. The number of carbonyl (C=O) groups is 1. The van der Waals surface area contributed by atoms with Crippen molar-refractivity contribution in [3.63, 3.8) is 0 Å². The molecule has 25 heavy (non-hydrogen) atoms. The maximum atomic E-state index is 13.2. The smallest absolute Gasteiger partial charge is 0.276 e. The summed E-state index contributed by atoms with van der Waals surface area (Å²) < 4.78 is 10.8. The summed E-state index contributed by atoms with van der Waals surface area (Å²) in [6.45, 7) is 0.891. The van der Waals surface area contributed by atoms with Crippen molar-refractivity contribution in [2.45, 2.75) is 38.1 Å². The minimum Gasteiger partial charge on any atom is -0.497 e. The van der Waals surface area contributed by atoms with Gasteiger partial charge in [0.25, 0.3) is 5.91 Å². The van der Waals surface area contributed by atoms with Gasteiger partial charge in [0.15, 0.2) is 17.8 Å². The molecule has 130 valence electrons. The summed E-state index contributed by atoms with van der Waals surface area (Å²) in [5, 5.41) is 0.